The number of nitrogens with zero attached hydrogens (tertiary/aromatic N) is 6. The molecule has 5 rings (SSSR count). The summed E-state index contributed by atoms with van der Waals surface area (Å²) in [5, 5.41) is 14.2. The van der Waals surface area contributed by atoms with Gasteiger partial charge in [-0.05, 0) is 46.2 Å². The molecular formula is C25H30N8O3S. The molecule has 1 aliphatic rings. The zero-order chi connectivity index (χ0) is 26.1. The van der Waals surface area contributed by atoms with Crippen molar-refractivity contribution in [2.24, 2.45) is 7.05 Å². The molecule has 11 nitrogen and oxygen atoms in total. The van der Waals surface area contributed by atoms with Gasteiger partial charge in [0, 0.05) is 37.1 Å². The molecule has 2 amide bonds. The topological polar surface area (TPSA) is 119 Å². The molecule has 1 aliphatic heterocycles. The molecule has 1 saturated heterocycles. The number of anilines is 2. The van der Waals surface area contributed by atoms with E-state index >= 15 is 0 Å². The monoisotopic (exact) mass is 522 g/mol. The fourth-order valence-corrected chi connectivity index (χ4v) is 5.62. The Morgan fingerprint density at radius 1 is 1.19 bits per heavy atom. The smallest absolute Gasteiger partial charge is 0.411 e. The molecule has 37 heavy (non-hydrogen) atoms. The summed E-state index contributed by atoms with van der Waals surface area (Å²) in [4.78, 5) is 33.9. The summed E-state index contributed by atoms with van der Waals surface area (Å²) >= 11 is 1.46. The van der Waals surface area contributed by atoms with Crippen molar-refractivity contribution in [3.63, 3.8) is 0 Å². The average molecular weight is 523 g/mol. The Hall–Kier alpha value is -3.77. The summed E-state index contributed by atoms with van der Waals surface area (Å²) in [6.45, 7) is 7.46. The number of nitrogens with one attached hydrogen (secondary N) is 2. The Bertz CT molecular complexity index is 1440. The van der Waals surface area contributed by atoms with Gasteiger partial charge in [-0.3, -0.25) is 24.7 Å². The molecule has 4 aromatic heterocycles. The molecule has 1 fully saturated rings. The third kappa shape index (κ3) is 5.35. The highest BCUT2D eigenvalue weighted by atomic mass is 32.1. The van der Waals surface area contributed by atoms with Crippen LogP contribution in [-0.4, -0.2) is 66.5 Å². The first-order valence-electron chi connectivity index (χ1n) is 12.2. The van der Waals surface area contributed by atoms with Gasteiger partial charge in [-0.1, -0.05) is 0 Å². The van der Waals surface area contributed by atoms with E-state index in [0.717, 1.165) is 34.7 Å². The van der Waals surface area contributed by atoms with Crippen molar-refractivity contribution >= 4 is 39.5 Å². The van der Waals surface area contributed by atoms with Gasteiger partial charge in [-0.15, -0.1) is 11.3 Å². The fourth-order valence-electron chi connectivity index (χ4n) is 4.58. The van der Waals surface area contributed by atoms with Crippen LogP contribution in [0.3, 0.4) is 0 Å². The Morgan fingerprint density at radius 3 is 2.78 bits per heavy atom. The van der Waals surface area contributed by atoms with Gasteiger partial charge in [0.05, 0.1) is 46.1 Å². The second-order valence-electron chi connectivity index (χ2n) is 9.47. The molecule has 5 heterocycles. The first-order valence-corrected chi connectivity index (χ1v) is 13.0. The molecule has 4 aromatic rings. The molecule has 12 heteroatoms. The normalized spacial score (nSPS) is 16.0. The van der Waals surface area contributed by atoms with Crippen molar-refractivity contribution in [1.82, 2.24) is 29.3 Å². The second-order valence-corrected chi connectivity index (χ2v) is 10.5. The third-order valence-corrected chi connectivity index (χ3v) is 7.67. The Balaban J connectivity index is 1.24. The maximum atomic E-state index is 13.1. The minimum absolute atomic E-state index is 0.237. The van der Waals surface area contributed by atoms with Gasteiger partial charge >= 0.3 is 6.09 Å². The highest BCUT2D eigenvalue weighted by Gasteiger charge is 2.27. The van der Waals surface area contributed by atoms with E-state index in [1.165, 1.54) is 11.3 Å². The lowest BCUT2D eigenvalue weighted by Gasteiger charge is -2.27. The Labute approximate surface area is 218 Å². The van der Waals surface area contributed by atoms with E-state index in [0.29, 0.717) is 35.3 Å². The van der Waals surface area contributed by atoms with Gasteiger partial charge < -0.3 is 10.1 Å². The van der Waals surface area contributed by atoms with Crippen molar-refractivity contribution in [3.05, 3.63) is 48.3 Å². The molecule has 0 spiro atoms. The van der Waals surface area contributed by atoms with Crippen LogP contribution in [0.2, 0.25) is 0 Å². The van der Waals surface area contributed by atoms with Crippen LogP contribution < -0.4 is 10.6 Å². The van der Waals surface area contributed by atoms with Gasteiger partial charge in [0.2, 0.25) is 0 Å². The zero-order valence-electron chi connectivity index (χ0n) is 21.3. The predicted molar refractivity (Wildman–Crippen MR) is 142 cm³/mol. The second kappa shape index (κ2) is 10.3. The highest BCUT2D eigenvalue weighted by Crippen LogP contribution is 2.30. The number of pyridine rings is 1. The lowest BCUT2D eigenvalue weighted by molar-refractivity contribution is 0.102. The maximum absolute atomic E-state index is 13.1. The number of hydrogen-bond donors (Lipinski definition) is 2. The molecule has 194 valence electrons. The average Bonchev–Trinajstić information content (AvgIpc) is 3.63. The number of thiazole rings is 1. The minimum Gasteiger partial charge on any atom is -0.448 e. The van der Waals surface area contributed by atoms with Crippen molar-refractivity contribution in [2.75, 3.05) is 23.8 Å². The van der Waals surface area contributed by atoms with Crippen LogP contribution in [0.5, 0.6) is 0 Å². The van der Waals surface area contributed by atoms with E-state index in [1.54, 1.807) is 40.8 Å². The quantitative estimate of drug-likeness (QED) is 0.374. The number of aromatic nitrogens is 5. The van der Waals surface area contributed by atoms with E-state index < -0.39 is 6.09 Å². The molecule has 0 bridgehead atoms. The van der Waals surface area contributed by atoms with Crippen LogP contribution in [0, 0.1) is 6.92 Å². The first kappa shape index (κ1) is 24.9. The Morgan fingerprint density at radius 2 is 2.03 bits per heavy atom. The van der Waals surface area contributed by atoms with Crippen molar-refractivity contribution in [3.8, 4) is 10.4 Å². The highest BCUT2D eigenvalue weighted by molar-refractivity contribution is 7.21. The molecule has 1 atom stereocenters. The van der Waals surface area contributed by atoms with Gasteiger partial charge in [0.15, 0.2) is 0 Å². The van der Waals surface area contributed by atoms with E-state index in [1.807, 2.05) is 19.4 Å². The maximum Gasteiger partial charge on any atom is 0.411 e. The molecule has 0 radical (unpaired) electrons. The number of likely N-dealkylation sites (tertiary alicyclic amines) is 1. The van der Waals surface area contributed by atoms with Gasteiger partial charge in [-0.2, -0.15) is 10.2 Å². The number of carbonyl (C=O) groups is 2. The minimum atomic E-state index is -0.543. The summed E-state index contributed by atoms with van der Waals surface area (Å²) in [6, 6.07) is 2.33. The van der Waals surface area contributed by atoms with Crippen LogP contribution in [-0.2, 0) is 11.8 Å². The summed E-state index contributed by atoms with van der Waals surface area (Å²) in [5.41, 5.74) is 2.96. The molecular weight excluding hydrogens is 492 g/mol. The zero-order valence-corrected chi connectivity index (χ0v) is 22.1. The number of aryl methyl sites for hydroxylation is 2. The van der Waals surface area contributed by atoms with E-state index in [4.69, 9.17) is 4.74 Å². The van der Waals surface area contributed by atoms with E-state index in [-0.39, 0.29) is 11.9 Å². The lowest BCUT2D eigenvalue weighted by Crippen LogP contribution is -2.39. The molecule has 0 saturated carbocycles. The molecule has 0 aromatic carbocycles. The van der Waals surface area contributed by atoms with Crippen molar-refractivity contribution < 1.29 is 14.3 Å². The number of hydrogen-bond acceptors (Lipinski definition) is 8. The summed E-state index contributed by atoms with van der Waals surface area (Å²) < 4.78 is 8.90. The van der Waals surface area contributed by atoms with Crippen LogP contribution in [0.1, 0.15) is 42.7 Å². The van der Waals surface area contributed by atoms with Crippen molar-refractivity contribution in [1.29, 1.82) is 0 Å². The number of rotatable bonds is 7. The Kier molecular flexibility index (Phi) is 6.94. The number of fused-ring (bicyclic) bond motifs is 1. The van der Waals surface area contributed by atoms with Crippen LogP contribution in [0.25, 0.3) is 15.3 Å². The SMILES string of the molecule is Cc1ncc(NC(=O)OCC2CCCN2C(C)C)cc1NC(=O)c1cnn2cc(-c3cnn(C)c3)sc12. The number of amides is 2. The lowest BCUT2D eigenvalue weighted by atomic mass is 10.2. The summed E-state index contributed by atoms with van der Waals surface area (Å²) in [7, 11) is 1.86. The molecule has 2 N–H and O–H groups in total. The summed E-state index contributed by atoms with van der Waals surface area (Å²) in [6.07, 6.45) is 10.2. The van der Waals surface area contributed by atoms with Gasteiger partial charge in [0.25, 0.3) is 5.91 Å². The predicted octanol–water partition coefficient (Wildman–Crippen LogP) is 4.17. The number of carbonyl (C=O) groups excluding carboxylic acids is 2. The van der Waals surface area contributed by atoms with E-state index in [9.17, 15) is 9.59 Å². The van der Waals surface area contributed by atoms with Gasteiger partial charge in [0.1, 0.15) is 11.4 Å². The van der Waals surface area contributed by atoms with Crippen LogP contribution in [0.4, 0.5) is 16.2 Å². The standard InChI is InChI=1S/C25H30N8O3S/c1-15(2)32-7-5-6-19(32)14-36-25(35)29-18-8-21(16(3)26-10-18)30-23(34)20-11-28-33-13-22(37-24(20)33)17-9-27-31(4)12-17/h8-13,15,19H,5-7,14H2,1-4H3,(H,29,35)(H,30,34). The van der Waals surface area contributed by atoms with E-state index in [2.05, 4.69) is 44.6 Å². The van der Waals surface area contributed by atoms with Gasteiger partial charge in [-0.25, -0.2) is 9.31 Å². The summed E-state index contributed by atoms with van der Waals surface area (Å²) in [5.74, 6) is -0.311. The fraction of sp³-hybridized carbons (Fsp3) is 0.400. The third-order valence-electron chi connectivity index (χ3n) is 6.50. The molecule has 1 unspecified atom stereocenters. The first-order chi connectivity index (χ1) is 17.8. The number of ether oxygens (including phenoxy) is 1. The van der Waals surface area contributed by atoms with Crippen LogP contribution >= 0.6 is 11.3 Å². The largest absolute Gasteiger partial charge is 0.448 e. The van der Waals surface area contributed by atoms with Crippen molar-refractivity contribution in [2.45, 2.75) is 45.7 Å². The van der Waals surface area contributed by atoms with Crippen LogP contribution in [0.15, 0.2) is 37.1 Å². The molecule has 0 aliphatic carbocycles.